The number of aryl methyl sites for hydroxylation is 1. The predicted molar refractivity (Wildman–Crippen MR) is 41.1 cm³/mol. The number of hydrogen-bond acceptors (Lipinski definition) is 2. The van der Waals surface area contributed by atoms with Crippen molar-refractivity contribution in [2.75, 3.05) is 6.61 Å². The topological polar surface area (TPSA) is 38.1 Å². The zero-order valence-electron chi connectivity index (χ0n) is 6.40. The molecule has 0 saturated heterocycles. The Morgan fingerprint density at radius 3 is 3.45 bits per heavy atom. The van der Waals surface area contributed by atoms with Gasteiger partial charge in [0.15, 0.2) is 0 Å². The van der Waals surface area contributed by atoms with Crippen molar-refractivity contribution >= 4 is 0 Å². The third kappa shape index (κ3) is 1.16. The maximum atomic E-state index is 8.92. The fourth-order valence-electron chi connectivity index (χ4n) is 1.59. The van der Waals surface area contributed by atoms with E-state index in [-0.39, 0.29) is 0 Å². The van der Waals surface area contributed by atoms with Crippen molar-refractivity contribution in [2.45, 2.75) is 19.4 Å². The average molecular weight is 152 g/mol. The summed E-state index contributed by atoms with van der Waals surface area (Å²) in [6, 6.07) is 0. The molecule has 0 fully saturated rings. The molecule has 1 atom stereocenters. The van der Waals surface area contributed by atoms with E-state index in [2.05, 4.69) is 9.55 Å². The van der Waals surface area contributed by atoms with E-state index in [9.17, 15) is 0 Å². The highest BCUT2D eigenvalue weighted by Crippen LogP contribution is 2.17. The summed E-state index contributed by atoms with van der Waals surface area (Å²) in [5, 5.41) is 8.92. The Bertz CT molecular complexity index is 244. The number of rotatable bonds is 1. The summed E-state index contributed by atoms with van der Waals surface area (Å²) in [4.78, 5) is 4.21. The van der Waals surface area contributed by atoms with Crippen molar-refractivity contribution in [1.82, 2.24) is 9.55 Å². The van der Waals surface area contributed by atoms with Crippen LogP contribution in [-0.2, 0) is 13.0 Å². The minimum atomic E-state index is 0.303. The molecule has 1 aromatic rings. The van der Waals surface area contributed by atoms with Gasteiger partial charge in [-0.1, -0.05) is 0 Å². The number of hydrogen-bond donors (Lipinski definition) is 1. The first-order valence-corrected chi connectivity index (χ1v) is 4.01. The van der Waals surface area contributed by atoms with Gasteiger partial charge in [-0.2, -0.15) is 0 Å². The molecule has 11 heavy (non-hydrogen) atoms. The van der Waals surface area contributed by atoms with E-state index < -0.39 is 0 Å². The molecule has 3 nitrogen and oxygen atoms in total. The van der Waals surface area contributed by atoms with Crippen molar-refractivity contribution in [1.29, 1.82) is 0 Å². The highest BCUT2D eigenvalue weighted by atomic mass is 16.3. The third-order valence-corrected chi connectivity index (χ3v) is 2.29. The number of fused-ring (bicyclic) bond motifs is 1. The van der Waals surface area contributed by atoms with Crippen molar-refractivity contribution in [2.24, 2.45) is 5.92 Å². The standard InChI is InChI=1S/C8H12N2O/c11-6-7-1-2-8-9-3-4-10(8)5-7/h3-4,7,11H,1-2,5-6H2/t7-/m1/s1. The van der Waals surface area contributed by atoms with Crippen LogP contribution in [0.15, 0.2) is 12.4 Å². The maximum absolute atomic E-state index is 8.92. The molecule has 0 spiro atoms. The van der Waals surface area contributed by atoms with E-state index in [1.165, 1.54) is 0 Å². The van der Waals surface area contributed by atoms with Gasteiger partial charge in [-0.05, 0) is 6.42 Å². The maximum Gasteiger partial charge on any atom is 0.108 e. The Morgan fingerprint density at radius 1 is 1.73 bits per heavy atom. The second-order valence-corrected chi connectivity index (χ2v) is 3.08. The van der Waals surface area contributed by atoms with Gasteiger partial charge in [-0.3, -0.25) is 0 Å². The second kappa shape index (κ2) is 2.66. The van der Waals surface area contributed by atoms with Crippen LogP contribution in [0.3, 0.4) is 0 Å². The molecular formula is C8H12N2O. The lowest BCUT2D eigenvalue weighted by molar-refractivity contribution is 0.190. The van der Waals surface area contributed by atoms with Gasteiger partial charge < -0.3 is 9.67 Å². The fourth-order valence-corrected chi connectivity index (χ4v) is 1.59. The Kier molecular flexibility index (Phi) is 1.66. The molecule has 0 saturated carbocycles. The molecule has 1 N–H and O–H groups in total. The molecule has 60 valence electrons. The third-order valence-electron chi connectivity index (χ3n) is 2.29. The van der Waals surface area contributed by atoms with Gasteiger partial charge in [0.1, 0.15) is 5.82 Å². The number of aliphatic hydroxyl groups excluding tert-OH is 1. The molecule has 0 unspecified atom stereocenters. The Hall–Kier alpha value is -0.830. The molecule has 0 radical (unpaired) electrons. The van der Waals surface area contributed by atoms with Gasteiger partial charge in [-0.15, -0.1) is 0 Å². The predicted octanol–water partition coefficient (Wildman–Crippen LogP) is 0.438. The number of nitrogens with zero attached hydrogens (tertiary/aromatic N) is 2. The van der Waals surface area contributed by atoms with Crippen molar-refractivity contribution in [3.63, 3.8) is 0 Å². The molecule has 2 heterocycles. The van der Waals surface area contributed by atoms with E-state index in [4.69, 9.17) is 5.11 Å². The molecule has 1 aromatic heterocycles. The van der Waals surface area contributed by atoms with E-state index in [0.717, 1.165) is 25.2 Å². The minimum Gasteiger partial charge on any atom is -0.396 e. The summed E-state index contributed by atoms with van der Waals surface area (Å²) in [5.41, 5.74) is 0. The summed E-state index contributed by atoms with van der Waals surface area (Å²) < 4.78 is 2.13. The molecule has 2 rings (SSSR count). The van der Waals surface area contributed by atoms with Crippen LogP contribution in [-0.4, -0.2) is 21.3 Å². The highest BCUT2D eigenvalue weighted by Gasteiger charge is 2.17. The molecule has 0 bridgehead atoms. The molecule has 1 aliphatic heterocycles. The smallest absolute Gasteiger partial charge is 0.108 e. The second-order valence-electron chi connectivity index (χ2n) is 3.08. The zero-order chi connectivity index (χ0) is 7.68. The van der Waals surface area contributed by atoms with Gasteiger partial charge in [0.25, 0.3) is 0 Å². The average Bonchev–Trinajstić information content (AvgIpc) is 2.50. The van der Waals surface area contributed by atoms with Crippen LogP contribution in [0.2, 0.25) is 0 Å². The summed E-state index contributed by atoms with van der Waals surface area (Å²) in [6.45, 7) is 1.24. The van der Waals surface area contributed by atoms with Gasteiger partial charge >= 0.3 is 0 Å². The van der Waals surface area contributed by atoms with Crippen LogP contribution in [0.4, 0.5) is 0 Å². The summed E-state index contributed by atoms with van der Waals surface area (Å²) in [7, 11) is 0. The Morgan fingerprint density at radius 2 is 2.64 bits per heavy atom. The molecule has 1 aliphatic rings. The highest BCUT2D eigenvalue weighted by molar-refractivity contribution is 4.96. The van der Waals surface area contributed by atoms with Crippen LogP contribution in [0, 0.1) is 5.92 Å². The van der Waals surface area contributed by atoms with E-state index in [1.807, 2.05) is 12.4 Å². The summed E-state index contributed by atoms with van der Waals surface area (Å²) >= 11 is 0. The van der Waals surface area contributed by atoms with Crippen molar-refractivity contribution < 1.29 is 5.11 Å². The molecule has 0 aromatic carbocycles. The van der Waals surface area contributed by atoms with Crippen LogP contribution < -0.4 is 0 Å². The van der Waals surface area contributed by atoms with Crippen molar-refractivity contribution in [3.05, 3.63) is 18.2 Å². The van der Waals surface area contributed by atoms with Crippen LogP contribution in [0.1, 0.15) is 12.2 Å². The lowest BCUT2D eigenvalue weighted by atomic mass is 10.0. The number of imidazole rings is 1. The lowest BCUT2D eigenvalue weighted by Crippen LogP contribution is -2.22. The Labute approximate surface area is 65.7 Å². The van der Waals surface area contributed by atoms with Gasteiger partial charge in [0.2, 0.25) is 0 Å². The van der Waals surface area contributed by atoms with E-state index in [1.54, 1.807) is 0 Å². The number of aliphatic hydroxyl groups is 1. The first-order valence-electron chi connectivity index (χ1n) is 4.01. The first kappa shape index (κ1) is 6.85. The monoisotopic (exact) mass is 152 g/mol. The number of aromatic nitrogens is 2. The minimum absolute atomic E-state index is 0.303. The molecular weight excluding hydrogens is 140 g/mol. The SMILES string of the molecule is OC[C@@H]1CCc2nccn2C1. The van der Waals surface area contributed by atoms with E-state index in [0.29, 0.717) is 12.5 Å². The van der Waals surface area contributed by atoms with Gasteiger partial charge in [0.05, 0.1) is 0 Å². The van der Waals surface area contributed by atoms with Gasteiger partial charge in [0, 0.05) is 37.9 Å². The van der Waals surface area contributed by atoms with Gasteiger partial charge in [-0.25, -0.2) is 4.98 Å². The van der Waals surface area contributed by atoms with Crippen LogP contribution in [0.25, 0.3) is 0 Å². The molecule has 3 heteroatoms. The molecule has 0 amide bonds. The zero-order valence-corrected chi connectivity index (χ0v) is 6.40. The quantitative estimate of drug-likeness (QED) is 0.634. The summed E-state index contributed by atoms with van der Waals surface area (Å²) in [5.74, 6) is 1.60. The lowest BCUT2D eigenvalue weighted by Gasteiger charge is -2.21. The normalized spacial score (nSPS) is 23.2. The summed E-state index contributed by atoms with van der Waals surface area (Å²) in [6.07, 6.45) is 5.90. The Balaban J connectivity index is 2.18. The van der Waals surface area contributed by atoms with Crippen LogP contribution in [0.5, 0.6) is 0 Å². The first-order chi connectivity index (χ1) is 5.40. The van der Waals surface area contributed by atoms with Crippen molar-refractivity contribution in [3.8, 4) is 0 Å². The fraction of sp³-hybridized carbons (Fsp3) is 0.625. The van der Waals surface area contributed by atoms with Crippen LogP contribution >= 0.6 is 0 Å². The molecule has 0 aliphatic carbocycles. The van der Waals surface area contributed by atoms with E-state index >= 15 is 0 Å². The largest absolute Gasteiger partial charge is 0.396 e.